The zero-order valence-electron chi connectivity index (χ0n) is 8.45. The summed E-state index contributed by atoms with van der Waals surface area (Å²) in [6.07, 6.45) is -2.84. The summed E-state index contributed by atoms with van der Waals surface area (Å²) in [4.78, 5) is 0. The third-order valence-corrected chi connectivity index (χ3v) is 2.29. The first-order valence-electron chi connectivity index (χ1n) is 4.73. The van der Waals surface area contributed by atoms with Gasteiger partial charge in [0.05, 0.1) is 12.1 Å². The molecule has 1 unspecified atom stereocenters. The number of alkyl halides is 3. The summed E-state index contributed by atoms with van der Waals surface area (Å²) in [7, 11) is 0. The molecule has 1 atom stereocenters. The van der Waals surface area contributed by atoms with E-state index in [1.54, 1.807) is 0 Å². The fourth-order valence-corrected chi connectivity index (χ4v) is 1.67. The molecule has 1 aliphatic rings. The van der Waals surface area contributed by atoms with Gasteiger partial charge in [0.25, 0.3) is 0 Å². The van der Waals surface area contributed by atoms with Crippen molar-refractivity contribution in [3.63, 3.8) is 0 Å². The van der Waals surface area contributed by atoms with Gasteiger partial charge >= 0.3 is 6.18 Å². The summed E-state index contributed by atoms with van der Waals surface area (Å²) >= 11 is 0. The molecule has 0 aliphatic carbocycles. The Kier molecular flexibility index (Phi) is 3.42. The maximum atomic E-state index is 11.9. The molecule has 0 aromatic rings. The van der Waals surface area contributed by atoms with Crippen molar-refractivity contribution in [3.8, 4) is 0 Å². The Bertz CT molecular complexity index is 191. The van der Waals surface area contributed by atoms with Gasteiger partial charge in [-0.25, -0.2) is 0 Å². The highest BCUT2D eigenvalue weighted by molar-refractivity contribution is 4.83. The predicted molar refractivity (Wildman–Crippen MR) is 47.1 cm³/mol. The van der Waals surface area contributed by atoms with Crippen LogP contribution in [0, 0.1) is 0 Å². The summed E-state index contributed by atoms with van der Waals surface area (Å²) in [6, 6.07) is -0.0830. The topological polar surface area (TPSA) is 21.3 Å². The SMILES string of the molecule is CC1(C)CC(NCC(F)(F)F)CCO1. The summed E-state index contributed by atoms with van der Waals surface area (Å²) in [5.74, 6) is 0. The highest BCUT2D eigenvalue weighted by Gasteiger charge is 2.32. The molecule has 1 rings (SSSR count). The van der Waals surface area contributed by atoms with Crippen LogP contribution in [-0.2, 0) is 4.74 Å². The molecule has 14 heavy (non-hydrogen) atoms. The maximum absolute atomic E-state index is 11.9. The first kappa shape index (κ1) is 11.8. The average Bonchev–Trinajstić information content (AvgIpc) is 1.98. The summed E-state index contributed by atoms with van der Waals surface area (Å²) in [5.41, 5.74) is -0.304. The Labute approximate surface area is 81.8 Å². The molecule has 0 amide bonds. The molecule has 1 heterocycles. The van der Waals surface area contributed by atoms with Crippen molar-refractivity contribution in [3.05, 3.63) is 0 Å². The normalized spacial score (nSPS) is 27.6. The number of hydrogen-bond acceptors (Lipinski definition) is 2. The molecule has 1 N–H and O–H groups in total. The Hall–Kier alpha value is -0.290. The van der Waals surface area contributed by atoms with Gasteiger partial charge in [0.2, 0.25) is 0 Å². The van der Waals surface area contributed by atoms with Crippen LogP contribution in [0.4, 0.5) is 13.2 Å². The van der Waals surface area contributed by atoms with Crippen molar-refractivity contribution in [2.45, 2.75) is 44.5 Å². The van der Waals surface area contributed by atoms with E-state index < -0.39 is 12.7 Å². The van der Waals surface area contributed by atoms with Crippen molar-refractivity contribution in [1.82, 2.24) is 5.32 Å². The van der Waals surface area contributed by atoms with E-state index in [0.717, 1.165) is 0 Å². The van der Waals surface area contributed by atoms with Crippen molar-refractivity contribution in [2.75, 3.05) is 13.2 Å². The molecule has 0 aromatic carbocycles. The van der Waals surface area contributed by atoms with Gasteiger partial charge < -0.3 is 10.1 Å². The number of rotatable bonds is 2. The van der Waals surface area contributed by atoms with Gasteiger partial charge in [-0.1, -0.05) is 0 Å². The van der Waals surface area contributed by atoms with Gasteiger partial charge in [-0.05, 0) is 26.7 Å². The lowest BCUT2D eigenvalue weighted by Gasteiger charge is -2.36. The van der Waals surface area contributed by atoms with Gasteiger partial charge in [0.15, 0.2) is 0 Å². The fraction of sp³-hybridized carbons (Fsp3) is 1.00. The maximum Gasteiger partial charge on any atom is 0.401 e. The average molecular weight is 211 g/mol. The van der Waals surface area contributed by atoms with Crippen LogP contribution in [0.25, 0.3) is 0 Å². The molecule has 0 radical (unpaired) electrons. The van der Waals surface area contributed by atoms with Gasteiger partial charge in [0, 0.05) is 12.6 Å². The summed E-state index contributed by atoms with van der Waals surface area (Å²) in [5, 5.41) is 2.51. The molecule has 5 heteroatoms. The van der Waals surface area contributed by atoms with Gasteiger partial charge in [0.1, 0.15) is 0 Å². The molecular formula is C9H16F3NO. The number of ether oxygens (including phenoxy) is 1. The Morgan fingerprint density at radius 3 is 2.57 bits per heavy atom. The molecule has 0 spiro atoms. The lowest BCUT2D eigenvalue weighted by molar-refractivity contribution is -0.131. The lowest BCUT2D eigenvalue weighted by Crippen LogP contribution is -2.46. The van der Waals surface area contributed by atoms with E-state index in [9.17, 15) is 13.2 Å². The minimum Gasteiger partial charge on any atom is -0.375 e. The molecule has 0 saturated carbocycles. The molecule has 0 bridgehead atoms. The molecule has 1 fully saturated rings. The van der Waals surface area contributed by atoms with Gasteiger partial charge in [-0.3, -0.25) is 0 Å². The molecule has 1 aliphatic heterocycles. The van der Waals surface area contributed by atoms with E-state index in [2.05, 4.69) is 5.32 Å². The molecule has 0 aromatic heterocycles. The van der Waals surface area contributed by atoms with E-state index in [-0.39, 0.29) is 11.6 Å². The first-order valence-corrected chi connectivity index (χ1v) is 4.73. The van der Waals surface area contributed by atoms with Crippen LogP contribution in [0.15, 0.2) is 0 Å². The standard InChI is InChI=1S/C9H16F3NO/c1-8(2)5-7(3-4-14-8)13-6-9(10,11)12/h7,13H,3-6H2,1-2H3. The molecule has 2 nitrogen and oxygen atoms in total. The number of halogens is 3. The van der Waals surface area contributed by atoms with E-state index in [0.29, 0.717) is 19.4 Å². The molecular weight excluding hydrogens is 195 g/mol. The van der Waals surface area contributed by atoms with E-state index in [1.807, 2.05) is 13.8 Å². The zero-order valence-corrected chi connectivity index (χ0v) is 8.45. The van der Waals surface area contributed by atoms with Crippen LogP contribution in [0.5, 0.6) is 0 Å². The predicted octanol–water partition coefficient (Wildman–Crippen LogP) is 2.10. The number of nitrogens with one attached hydrogen (secondary N) is 1. The first-order chi connectivity index (χ1) is 6.29. The second-order valence-corrected chi connectivity index (χ2v) is 4.29. The van der Waals surface area contributed by atoms with Crippen LogP contribution >= 0.6 is 0 Å². The molecule has 1 saturated heterocycles. The quantitative estimate of drug-likeness (QED) is 0.755. The minimum atomic E-state index is -4.12. The monoisotopic (exact) mass is 211 g/mol. The van der Waals surface area contributed by atoms with Crippen LogP contribution in [-0.4, -0.2) is 31.0 Å². The minimum absolute atomic E-state index is 0.0830. The van der Waals surface area contributed by atoms with Crippen molar-refractivity contribution >= 4 is 0 Å². The second-order valence-electron chi connectivity index (χ2n) is 4.29. The molecule has 84 valence electrons. The van der Waals surface area contributed by atoms with Gasteiger partial charge in [-0.2, -0.15) is 13.2 Å². The van der Waals surface area contributed by atoms with E-state index in [4.69, 9.17) is 4.74 Å². The zero-order chi connectivity index (χ0) is 10.8. The highest BCUT2D eigenvalue weighted by atomic mass is 19.4. The Morgan fingerprint density at radius 1 is 1.43 bits per heavy atom. The van der Waals surface area contributed by atoms with Crippen LogP contribution in [0.2, 0.25) is 0 Å². The Balaban J connectivity index is 2.32. The van der Waals surface area contributed by atoms with Crippen LogP contribution in [0.3, 0.4) is 0 Å². The lowest BCUT2D eigenvalue weighted by atomic mass is 9.94. The van der Waals surface area contributed by atoms with E-state index >= 15 is 0 Å². The smallest absolute Gasteiger partial charge is 0.375 e. The van der Waals surface area contributed by atoms with Gasteiger partial charge in [-0.15, -0.1) is 0 Å². The Morgan fingerprint density at radius 2 is 2.07 bits per heavy atom. The van der Waals surface area contributed by atoms with E-state index in [1.165, 1.54) is 0 Å². The van der Waals surface area contributed by atoms with Crippen LogP contribution in [0.1, 0.15) is 26.7 Å². The summed E-state index contributed by atoms with van der Waals surface area (Å²) < 4.78 is 41.1. The summed E-state index contributed by atoms with van der Waals surface area (Å²) in [6.45, 7) is 3.42. The van der Waals surface area contributed by atoms with Crippen molar-refractivity contribution in [2.24, 2.45) is 0 Å². The van der Waals surface area contributed by atoms with Crippen molar-refractivity contribution < 1.29 is 17.9 Å². The largest absolute Gasteiger partial charge is 0.401 e. The third-order valence-electron chi connectivity index (χ3n) is 2.29. The second kappa shape index (κ2) is 4.06. The number of hydrogen-bond donors (Lipinski definition) is 1. The highest BCUT2D eigenvalue weighted by Crippen LogP contribution is 2.24. The van der Waals surface area contributed by atoms with Crippen LogP contribution < -0.4 is 5.32 Å². The van der Waals surface area contributed by atoms with Crippen molar-refractivity contribution in [1.29, 1.82) is 0 Å². The fourth-order valence-electron chi connectivity index (χ4n) is 1.67. The third kappa shape index (κ3) is 4.28.